The smallest absolute Gasteiger partial charge is 0.169 e. The number of hydrogen-bond donors (Lipinski definition) is 0. The van der Waals surface area contributed by atoms with Gasteiger partial charge in [0.2, 0.25) is 0 Å². The predicted octanol–water partition coefficient (Wildman–Crippen LogP) is 3.31. The lowest BCUT2D eigenvalue weighted by Gasteiger charge is -2.42. The third-order valence-electron chi connectivity index (χ3n) is 5.61. The van der Waals surface area contributed by atoms with Crippen molar-refractivity contribution >= 4 is 16.9 Å². The third-order valence-corrected chi connectivity index (χ3v) is 5.61. The van der Waals surface area contributed by atoms with E-state index in [9.17, 15) is 4.91 Å². The number of fused-ring (bicyclic) bond motifs is 1. The number of benzene rings is 1. The molecule has 140 valence electrons. The van der Waals surface area contributed by atoms with Gasteiger partial charge in [0.1, 0.15) is 12.1 Å². The first-order valence-electron chi connectivity index (χ1n) is 9.32. The predicted molar refractivity (Wildman–Crippen MR) is 106 cm³/mol. The number of rotatable bonds is 5. The molecule has 0 unspecified atom stereocenters. The minimum Gasteiger partial charge on any atom is -0.354 e. The molecule has 2 aromatic heterocycles. The van der Waals surface area contributed by atoms with Crippen LogP contribution in [0.15, 0.2) is 54.2 Å². The van der Waals surface area contributed by atoms with E-state index in [0.29, 0.717) is 17.6 Å². The normalized spacial score (nSPS) is 20.7. The molecule has 0 saturated carbocycles. The third kappa shape index (κ3) is 3.42. The van der Waals surface area contributed by atoms with Gasteiger partial charge in [-0.05, 0) is 30.5 Å². The summed E-state index contributed by atoms with van der Waals surface area (Å²) in [5.74, 6) is 1.40. The highest BCUT2D eigenvalue weighted by Gasteiger charge is 2.30. The number of nitrogens with zero attached hydrogens (tertiary/aromatic N) is 6. The molecular formula is C20H24N6O. The molecule has 1 aliphatic heterocycles. The minimum absolute atomic E-state index is 0.341. The SMILES string of the molecule is C[C@@H]1CCN(Cc2ccccc2)C[C@@H]1N(C)c1ncnc2c1ccn2N=O. The fourth-order valence-corrected chi connectivity index (χ4v) is 4.03. The van der Waals surface area contributed by atoms with Crippen LogP contribution in [0.25, 0.3) is 11.0 Å². The summed E-state index contributed by atoms with van der Waals surface area (Å²) in [6.07, 6.45) is 4.29. The second-order valence-electron chi connectivity index (χ2n) is 7.34. The van der Waals surface area contributed by atoms with Crippen molar-refractivity contribution in [1.82, 2.24) is 19.5 Å². The Balaban J connectivity index is 1.57. The maximum Gasteiger partial charge on any atom is 0.169 e. The fourth-order valence-electron chi connectivity index (χ4n) is 4.03. The molecule has 1 saturated heterocycles. The van der Waals surface area contributed by atoms with Crippen LogP contribution in [0.2, 0.25) is 0 Å². The highest BCUT2D eigenvalue weighted by atomic mass is 16.3. The van der Waals surface area contributed by atoms with Crippen molar-refractivity contribution in [3.8, 4) is 0 Å². The fraction of sp³-hybridized carbons (Fsp3) is 0.400. The lowest BCUT2D eigenvalue weighted by atomic mass is 9.92. The zero-order valence-electron chi connectivity index (χ0n) is 15.7. The van der Waals surface area contributed by atoms with Gasteiger partial charge in [-0.3, -0.25) is 4.90 Å². The number of piperidine rings is 1. The summed E-state index contributed by atoms with van der Waals surface area (Å²) in [4.78, 5) is 24.4. The van der Waals surface area contributed by atoms with E-state index in [1.54, 1.807) is 6.20 Å². The molecule has 0 amide bonds. The van der Waals surface area contributed by atoms with Crippen molar-refractivity contribution in [2.45, 2.75) is 25.9 Å². The molecule has 3 heterocycles. The van der Waals surface area contributed by atoms with Crippen molar-refractivity contribution in [3.63, 3.8) is 0 Å². The van der Waals surface area contributed by atoms with E-state index < -0.39 is 0 Å². The van der Waals surface area contributed by atoms with Gasteiger partial charge in [-0.15, -0.1) is 4.91 Å². The molecule has 1 fully saturated rings. The molecule has 1 aromatic carbocycles. The average Bonchev–Trinajstić information content (AvgIpc) is 3.13. The van der Waals surface area contributed by atoms with E-state index in [1.807, 2.05) is 6.07 Å². The molecular weight excluding hydrogens is 340 g/mol. The summed E-state index contributed by atoms with van der Waals surface area (Å²) in [6, 6.07) is 12.8. The monoisotopic (exact) mass is 364 g/mol. The Morgan fingerprint density at radius 2 is 2.04 bits per heavy atom. The highest BCUT2D eigenvalue weighted by Crippen LogP contribution is 2.29. The summed E-state index contributed by atoms with van der Waals surface area (Å²) in [6.45, 7) is 5.34. The van der Waals surface area contributed by atoms with Gasteiger partial charge in [0.15, 0.2) is 5.65 Å². The first-order chi connectivity index (χ1) is 13.2. The topological polar surface area (TPSA) is 66.6 Å². The molecule has 0 spiro atoms. The second-order valence-corrected chi connectivity index (χ2v) is 7.34. The number of likely N-dealkylation sites (tertiary alicyclic amines) is 1. The molecule has 27 heavy (non-hydrogen) atoms. The van der Waals surface area contributed by atoms with Gasteiger partial charge < -0.3 is 4.90 Å². The van der Waals surface area contributed by atoms with Crippen molar-refractivity contribution in [2.24, 2.45) is 11.2 Å². The van der Waals surface area contributed by atoms with E-state index >= 15 is 0 Å². The quantitative estimate of drug-likeness (QED) is 0.650. The van der Waals surface area contributed by atoms with Crippen LogP contribution in [-0.4, -0.2) is 45.7 Å². The van der Waals surface area contributed by atoms with E-state index in [1.165, 1.54) is 16.6 Å². The molecule has 2 atom stereocenters. The second kappa shape index (κ2) is 7.44. The van der Waals surface area contributed by atoms with Gasteiger partial charge in [0.25, 0.3) is 0 Å². The van der Waals surface area contributed by atoms with Crippen molar-refractivity contribution in [2.75, 3.05) is 25.0 Å². The Morgan fingerprint density at radius 3 is 2.81 bits per heavy atom. The summed E-state index contributed by atoms with van der Waals surface area (Å²) in [5.41, 5.74) is 1.89. The maximum absolute atomic E-state index is 11.0. The van der Waals surface area contributed by atoms with Crippen molar-refractivity contribution in [1.29, 1.82) is 0 Å². The van der Waals surface area contributed by atoms with Crippen molar-refractivity contribution in [3.05, 3.63) is 59.4 Å². The van der Waals surface area contributed by atoms with E-state index in [0.717, 1.165) is 37.3 Å². The average molecular weight is 364 g/mol. The van der Waals surface area contributed by atoms with Gasteiger partial charge in [0, 0.05) is 32.4 Å². The molecule has 7 heteroatoms. The molecule has 0 bridgehead atoms. The Bertz CT molecular complexity index is 925. The molecule has 3 aromatic rings. The summed E-state index contributed by atoms with van der Waals surface area (Å²) in [7, 11) is 2.08. The van der Waals surface area contributed by atoms with Crippen LogP contribution in [0.1, 0.15) is 18.9 Å². The van der Waals surface area contributed by atoms with Crippen LogP contribution in [0, 0.1) is 10.8 Å². The molecule has 0 N–H and O–H groups in total. The Labute approximate surface area is 158 Å². The summed E-state index contributed by atoms with van der Waals surface area (Å²) < 4.78 is 1.25. The van der Waals surface area contributed by atoms with Gasteiger partial charge in [-0.2, -0.15) is 4.68 Å². The molecule has 0 aliphatic carbocycles. The maximum atomic E-state index is 11.0. The van der Waals surface area contributed by atoms with Crippen LogP contribution >= 0.6 is 0 Å². The zero-order chi connectivity index (χ0) is 18.8. The molecule has 1 aliphatic rings. The zero-order valence-corrected chi connectivity index (χ0v) is 15.7. The van der Waals surface area contributed by atoms with Gasteiger partial charge in [0.05, 0.1) is 10.7 Å². The van der Waals surface area contributed by atoms with Gasteiger partial charge in [-0.25, -0.2) is 9.97 Å². The Hall–Kier alpha value is -2.80. The van der Waals surface area contributed by atoms with E-state index in [4.69, 9.17) is 0 Å². The van der Waals surface area contributed by atoms with Crippen LogP contribution in [0.4, 0.5) is 5.82 Å². The number of likely N-dealkylation sites (N-methyl/N-ethyl adjacent to an activating group) is 1. The lowest BCUT2D eigenvalue weighted by molar-refractivity contribution is 0.159. The number of anilines is 1. The summed E-state index contributed by atoms with van der Waals surface area (Å²) >= 11 is 0. The van der Waals surface area contributed by atoms with Crippen LogP contribution in [-0.2, 0) is 6.54 Å². The molecule has 0 radical (unpaired) electrons. The Morgan fingerprint density at radius 1 is 1.22 bits per heavy atom. The van der Waals surface area contributed by atoms with Gasteiger partial charge in [-0.1, -0.05) is 37.3 Å². The molecule has 7 nitrogen and oxygen atoms in total. The molecule has 4 rings (SSSR count). The number of nitroso groups, excluding NO2 is 1. The van der Waals surface area contributed by atoms with Gasteiger partial charge >= 0.3 is 0 Å². The van der Waals surface area contributed by atoms with E-state index in [-0.39, 0.29) is 0 Å². The first kappa shape index (κ1) is 17.6. The van der Waals surface area contributed by atoms with Crippen molar-refractivity contribution < 1.29 is 0 Å². The Kier molecular flexibility index (Phi) is 4.85. The first-order valence-corrected chi connectivity index (χ1v) is 9.32. The number of hydrogen-bond acceptors (Lipinski definition) is 6. The lowest BCUT2D eigenvalue weighted by Crippen LogP contribution is -2.50. The standard InChI is InChI=1S/C20H24N6O/c1-15-8-10-25(12-16-6-4-3-5-7-16)13-18(15)24(2)19-17-9-11-26(23-27)20(17)22-14-21-19/h3-7,9,11,14-15,18H,8,10,12-13H2,1-2H3/t15-,18+/m1/s1. The highest BCUT2D eigenvalue weighted by molar-refractivity contribution is 5.87. The van der Waals surface area contributed by atoms with Crippen LogP contribution < -0.4 is 4.90 Å². The number of aromatic nitrogens is 3. The van der Waals surface area contributed by atoms with Crippen LogP contribution in [0.5, 0.6) is 0 Å². The largest absolute Gasteiger partial charge is 0.354 e. The van der Waals surface area contributed by atoms with Crippen LogP contribution in [0.3, 0.4) is 0 Å². The van der Waals surface area contributed by atoms with E-state index in [2.05, 4.69) is 69.4 Å². The summed E-state index contributed by atoms with van der Waals surface area (Å²) in [5, 5.41) is 3.85. The minimum atomic E-state index is 0.341.